The number of carbonyl (C=O) groups is 1. The Balaban J connectivity index is 1.92. The van der Waals surface area contributed by atoms with E-state index < -0.39 is 5.97 Å². The molecule has 2 aliphatic rings. The van der Waals surface area contributed by atoms with Crippen molar-refractivity contribution >= 4 is 11.7 Å². The van der Waals surface area contributed by atoms with E-state index >= 15 is 0 Å². The highest BCUT2D eigenvalue weighted by Gasteiger charge is 2.24. The van der Waals surface area contributed by atoms with Crippen LogP contribution in [0, 0.1) is 0 Å². The summed E-state index contributed by atoms with van der Waals surface area (Å²) in [6, 6.07) is 5.22. The molecule has 96 valence electrons. The summed E-state index contributed by atoms with van der Waals surface area (Å²) in [5.41, 5.74) is 5.56. The molecule has 0 fully saturated rings. The van der Waals surface area contributed by atoms with Gasteiger partial charge in [0.2, 0.25) is 0 Å². The van der Waals surface area contributed by atoms with Crippen molar-refractivity contribution < 1.29 is 14.3 Å². The van der Waals surface area contributed by atoms with Crippen LogP contribution >= 0.6 is 0 Å². The molecule has 0 unspecified atom stereocenters. The second-order valence-corrected chi connectivity index (χ2v) is 4.14. The largest absolute Gasteiger partial charge is 0.464 e. The summed E-state index contributed by atoms with van der Waals surface area (Å²) in [5.74, 6) is 0.778. The van der Waals surface area contributed by atoms with Crippen LogP contribution in [-0.4, -0.2) is 18.2 Å². The van der Waals surface area contributed by atoms with E-state index in [1.807, 2.05) is 0 Å². The van der Waals surface area contributed by atoms with E-state index in [1.165, 1.54) is 6.08 Å². The molecule has 1 aromatic rings. The van der Waals surface area contributed by atoms with Crippen LogP contribution in [0.15, 0.2) is 47.3 Å². The fourth-order valence-corrected chi connectivity index (χ4v) is 1.97. The van der Waals surface area contributed by atoms with Crippen molar-refractivity contribution in [2.24, 2.45) is 5.10 Å². The maximum atomic E-state index is 11.4. The molecule has 5 nitrogen and oxygen atoms in total. The van der Waals surface area contributed by atoms with Crippen molar-refractivity contribution in [2.75, 3.05) is 6.54 Å². The average molecular weight is 256 g/mol. The summed E-state index contributed by atoms with van der Waals surface area (Å²) in [6.45, 7) is 2.41. The Hall–Kier alpha value is -2.56. The first-order valence-corrected chi connectivity index (χ1v) is 5.93. The summed E-state index contributed by atoms with van der Waals surface area (Å²) in [5, 5.41) is 4.22. The van der Waals surface area contributed by atoms with Crippen LogP contribution in [0.4, 0.5) is 0 Å². The van der Waals surface area contributed by atoms with Crippen molar-refractivity contribution in [3.63, 3.8) is 0 Å². The molecular formula is C14H12N2O3. The van der Waals surface area contributed by atoms with Gasteiger partial charge in [-0.1, -0.05) is 6.08 Å². The van der Waals surface area contributed by atoms with Crippen LogP contribution in [0.1, 0.15) is 12.5 Å². The lowest BCUT2D eigenvalue weighted by Crippen LogP contribution is -2.12. The fraction of sp³-hybridized carbons (Fsp3) is 0.143. The van der Waals surface area contributed by atoms with Crippen LogP contribution in [0.5, 0.6) is 11.5 Å². The Morgan fingerprint density at radius 3 is 3.26 bits per heavy atom. The SMILES string of the molecule is C/C=C/C(=O)Oc1ccc2c(c1)C1=NNCC1=CO2. The quantitative estimate of drug-likeness (QED) is 0.497. The number of nitrogens with zero attached hydrogens (tertiary/aromatic N) is 1. The molecule has 0 bridgehead atoms. The lowest BCUT2D eigenvalue weighted by molar-refractivity contribution is -0.129. The van der Waals surface area contributed by atoms with Gasteiger partial charge in [-0.05, 0) is 25.1 Å². The number of hydrogen-bond acceptors (Lipinski definition) is 5. The first-order valence-electron chi connectivity index (χ1n) is 5.93. The molecule has 0 radical (unpaired) electrons. The molecule has 0 amide bonds. The van der Waals surface area contributed by atoms with Crippen molar-refractivity contribution in [3.8, 4) is 11.5 Å². The van der Waals surface area contributed by atoms with E-state index in [-0.39, 0.29) is 0 Å². The van der Waals surface area contributed by atoms with E-state index in [9.17, 15) is 4.79 Å². The van der Waals surface area contributed by atoms with Gasteiger partial charge in [0.1, 0.15) is 17.2 Å². The fourth-order valence-electron chi connectivity index (χ4n) is 1.97. The van der Waals surface area contributed by atoms with E-state index in [1.54, 1.807) is 37.5 Å². The van der Waals surface area contributed by atoms with E-state index in [0.717, 1.165) is 16.8 Å². The number of benzene rings is 1. The van der Waals surface area contributed by atoms with Gasteiger partial charge in [-0.3, -0.25) is 0 Å². The second kappa shape index (κ2) is 4.61. The molecule has 0 saturated carbocycles. The highest BCUT2D eigenvalue weighted by atomic mass is 16.5. The lowest BCUT2D eigenvalue weighted by Gasteiger charge is -2.15. The molecule has 0 spiro atoms. The molecule has 1 aromatic carbocycles. The summed E-state index contributed by atoms with van der Waals surface area (Å²) < 4.78 is 10.7. The molecule has 0 saturated heterocycles. The Bertz CT molecular complexity index is 630. The first-order chi connectivity index (χ1) is 9.28. The van der Waals surface area contributed by atoms with Crippen LogP contribution in [0.25, 0.3) is 0 Å². The van der Waals surface area contributed by atoms with Crippen molar-refractivity contribution in [2.45, 2.75) is 6.92 Å². The second-order valence-electron chi connectivity index (χ2n) is 4.14. The zero-order chi connectivity index (χ0) is 13.2. The van der Waals surface area contributed by atoms with Crippen molar-refractivity contribution in [1.82, 2.24) is 5.43 Å². The third-order valence-electron chi connectivity index (χ3n) is 2.82. The van der Waals surface area contributed by atoms with Crippen molar-refractivity contribution in [3.05, 3.63) is 47.7 Å². The number of ether oxygens (including phenoxy) is 2. The van der Waals surface area contributed by atoms with Gasteiger partial charge in [-0.15, -0.1) is 0 Å². The number of hydrogen-bond donors (Lipinski definition) is 1. The van der Waals surface area contributed by atoms with Crippen LogP contribution in [-0.2, 0) is 4.79 Å². The summed E-state index contributed by atoms with van der Waals surface area (Å²) >= 11 is 0. The van der Waals surface area contributed by atoms with E-state index in [2.05, 4.69) is 10.5 Å². The van der Waals surface area contributed by atoms with Gasteiger partial charge in [0, 0.05) is 17.2 Å². The Labute approximate surface area is 110 Å². The molecule has 5 heteroatoms. The van der Waals surface area contributed by atoms with E-state index in [0.29, 0.717) is 18.0 Å². The predicted octanol–water partition coefficient (Wildman–Crippen LogP) is 1.75. The Morgan fingerprint density at radius 1 is 1.53 bits per heavy atom. The van der Waals surface area contributed by atoms with Crippen LogP contribution in [0.2, 0.25) is 0 Å². The Morgan fingerprint density at radius 2 is 2.42 bits per heavy atom. The minimum atomic E-state index is -0.401. The standard InChI is InChI=1S/C14H12N2O3/c1-2-3-13(17)19-10-4-5-12-11(6-10)14-9(8-18-12)7-15-16-14/h2-6,8,15H,7H2,1H3/b3-2+. The molecule has 3 rings (SSSR count). The molecular weight excluding hydrogens is 244 g/mol. The van der Waals surface area contributed by atoms with Crippen LogP contribution in [0.3, 0.4) is 0 Å². The maximum Gasteiger partial charge on any atom is 0.335 e. The Kier molecular flexibility index (Phi) is 2.79. The van der Waals surface area contributed by atoms with Gasteiger partial charge >= 0.3 is 5.97 Å². The number of fused-ring (bicyclic) bond motifs is 3. The molecule has 0 aliphatic carbocycles. The number of allylic oxidation sites excluding steroid dienone is 1. The summed E-state index contributed by atoms with van der Waals surface area (Å²) in [7, 11) is 0. The number of nitrogens with one attached hydrogen (secondary N) is 1. The van der Waals surface area contributed by atoms with Gasteiger partial charge in [-0.25, -0.2) is 4.79 Å². The van der Waals surface area contributed by atoms with Gasteiger partial charge in [0.15, 0.2) is 0 Å². The van der Waals surface area contributed by atoms with Crippen molar-refractivity contribution in [1.29, 1.82) is 0 Å². The third-order valence-corrected chi connectivity index (χ3v) is 2.82. The highest BCUT2D eigenvalue weighted by Crippen LogP contribution is 2.31. The summed E-state index contributed by atoms with van der Waals surface area (Å²) in [6.07, 6.45) is 4.69. The monoisotopic (exact) mass is 256 g/mol. The maximum absolute atomic E-state index is 11.4. The molecule has 0 atom stereocenters. The third kappa shape index (κ3) is 2.10. The number of hydrazone groups is 1. The molecule has 2 heterocycles. The van der Waals surface area contributed by atoms with Gasteiger partial charge in [0.05, 0.1) is 12.8 Å². The van der Waals surface area contributed by atoms with Gasteiger partial charge < -0.3 is 14.9 Å². The van der Waals surface area contributed by atoms with Gasteiger partial charge in [0.25, 0.3) is 0 Å². The predicted molar refractivity (Wildman–Crippen MR) is 70.1 cm³/mol. The minimum Gasteiger partial charge on any atom is -0.464 e. The van der Waals surface area contributed by atoms with Gasteiger partial charge in [-0.2, -0.15) is 5.10 Å². The average Bonchev–Trinajstić information content (AvgIpc) is 2.87. The highest BCUT2D eigenvalue weighted by molar-refractivity contribution is 6.16. The molecule has 0 aromatic heterocycles. The smallest absolute Gasteiger partial charge is 0.335 e. The van der Waals surface area contributed by atoms with E-state index in [4.69, 9.17) is 9.47 Å². The number of carbonyl (C=O) groups excluding carboxylic acids is 1. The van der Waals surface area contributed by atoms with Crippen LogP contribution < -0.4 is 14.9 Å². The number of rotatable bonds is 2. The molecule has 1 N–H and O–H groups in total. The minimum absolute atomic E-state index is 0.401. The lowest BCUT2D eigenvalue weighted by atomic mass is 10.0. The zero-order valence-electron chi connectivity index (χ0n) is 10.3. The normalized spacial score (nSPS) is 15.8. The number of esters is 1. The first kappa shape index (κ1) is 11.5. The molecule has 2 aliphatic heterocycles. The topological polar surface area (TPSA) is 59.9 Å². The summed E-state index contributed by atoms with van der Waals surface area (Å²) in [4.78, 5) is 11.4. The molecule has 19 heavy (non-hydrogen) atoms. The zero-order valence-corrected chi connectivity index (χ0v) is 10.3.